The highest BCUT2D eigenvalue weighted by Crippen LogP contribution is 2.32. The van der Waals surface area contributed by atoms with Crippen molar-refractivity contribution in [2.45, 2.75) is 6.61 Å². The lowest BCUT2D eigenvalue weighted by molar-refractivity contribution is 0.0696. The Bertz CT molecular complexity index is 656. The Hall–Kier alpha value is -2.76. The van der Waals surface area contributed by atoms with Crippen LogP contribution in [0.25, 0.3) is 0 Å². The van der Waals surface area contributed by atoms with Crippen LogP contribution < -0.4 is 14.2 Å². The van der Waals surface area contributed by atoms with Crippen molar-refractivity contribution < 1.29 is 24.1 Å². The van der Waals surface area contributed by atoms with Crippen molar-refractivity contribution >= 4 is 5.97 Å². The maximum atomic E-state index is 10.8. The predicted octanol–water partition coefficient (Wildman–Crippen LogP) is 2.09. The number of rotatable bonds is 4. The minimum atomic E-state index is -1.04. The van der Waals surface area contributed by atoms with Crippen LogP contribution in [0, 0.1) is 0 Å². The van der Waals surface area contributed by atoms with Gasteiger partial charge < -0.3 is 19.3 Å². The summed E-state index contributed by atoms with van der Waals surface area (Å²) in [5.41, 5.74) is 0.989. The molecular weight excluding hydrogens is 262 g/mol. The number of nitrogens with zero attached hydrogens (tertiary/aromatic N) is 1. The molecule has 0 unspecified atom stereocenters. The summed E-state index contributed by atoms with van der Waals surface area (Å²) in [6, 6.07) is 6.94. The van der Waals surface area contributed by atoms with Crippen LogP contribution in [0.2, 0.25) is 0 Å². The van der Waals surface area contributed by atoms with E-state index in [4.69, 9.17) is 19.3 Å². The number of benzene rings is 1. The molecule has 6 nitrogen and oxygen atoms in total. The molecule has 1 N–H and O–H groups in total. The van der Waals surface area contributed by atoms with Crippen LogP contribution in [-0.2, 0) is 6.61 Å². The number of hydrogen-bond donors (Lipinski definition) is 1. The number of carboxylic acids is 1. The van der Waals surface area contributed by atoms with Gasteiger partial charge in [-0.25, -0.2) is 4.79 Å². The predicted molar refractivity (Wildman–Crippen MR) is 68.1 cm³/mol. The summed E-state index contributed by atoms with van der Waals surface area (Å²) in [6.07, 6.45) is 2.75. The highest BCUT2D eigenvalue weighted by Gasteiger charge is 2.13. The van der Waals surface area contributed by atoms with Crippen LogP contribution in [0.15, 0.2) is 36.7 Å². The van der Waals surface area contributed by atoms with E-state index < -0.39 is 5.97 Å². The molecule has 0 spiro atoms. The average molecular weight is 273 g/mol. The fourth-order valence-corrected chi connectivity index (χ4v) is 1.81. The van der Waals surface area contributed by atoms with Crippen molar-refractivity contribution in [3.63, 3.8) is 0 Å². The van der Waals surface area contributed by atoms with Gasteiger partial charge in [0.15, 0.2) is 11.5 Å². The average Bonchev–Trinajstić information content (AvgIpc) is 2.93. The standard InChI is InChI=1S/C14H11NO5/c16-14(17)10-4-11(6-15-5-10)18-7-9-1-2-12-13(3-9)20-8-19-12/h1-6H,7-8H2,(H,16,17). The molecule has 2 aromatic rings. The molecule has 3 rings (SSSR count). The maximum absolute atomic E-state index is 10.8. The summed E-state index contributed by atoms with van der Waals surface area (Å²) in [6.45, 7) is 0.519. The minimum Gasteiger partial charge on any atom is -0.487 e. The van der Waals surface area contributed by atoms with E-state index in [0.717, 1.165) is 5.56 Å². The molecule has 0 saturated heterocycles. The van der Waals surface area contributed by atoms with Crippen molar-refractivity contribution in [3.05, 3.63) is 47.8 Å². The SMILES string of the molecule is O=C(O)c1cncc(OCc2ccc3c(c2)OCO3)c1. The number of carboxylic acid groups (broad SMARTS) is 1. The van der Waals surface area contributed by atoms with E-state index in [-0.39, 0.29) is 12.4 Å². The van der Waals surface area contributed by atoms with Crippen LogP contribution in [-0.4, -0.2) is 22.9 Å². The summed E-state index contributed by atoms with van der Waals surface area (Å²) in [4.78, 5) is 14.7. The van der Waals surface area contributed by atoms with E-state index in [1.807, 2.05) is 18.2 Å². The van der Waals surface area contributed by atoms with Crippen LogP contribution >= 0.6 is 0 Å². The number of aromatic carboxylic acids is 1. The summed E-state index contributed by atoms with van der Waals surface area (Å²) < 4.78 is 16.0. The van der Waals surface area contributed by atoms with Gasteiger partial charge in [0, 0.05) is 6.20 Å². The van der Waals surface area contributed by atoms with E-state index in [0.29, 0.717) is 23.9 Å². The molecule has 0 atom stereocenters. The first-order valence-electron chi connectivity index (χ1n) is 5.92. The van der Waals surface area contributed by atoms with E-state index in [1.165, 1.54) is 18.5 Å². The Morgan fingerprint density at radius 2 is 2.10 bits per heavy atom. The molecular formula is C14H11NO5. The first-order valence-corrected chi connectivity index (χ1v) is 5.92. The van der Waals surface area contributed by atoms with Crippen molar-refractivity contribution in [2.24, 2.45) is 0 Å². The van der Waals surface area contributed by atoms with Gasteiger partial charge in [0.05, 0.1) is 11.8 Å². The van der Waals surface area contributed by atoms with E-state index in [2.05, 4.69) is 4.98 Å². The van der Waals surface area contributed by atoms with Crippen LogP contribution in [0.5, 0.6) is 17.2 Å². The second-order valence-corrected chi connectivity index (χ2v) is 4.19. The first-order chi connectivity index (χ1) is 9.72. The van der Waals surface area contributed by atoms with E-state index in [9.17, 15) is 4.79 Å². The van der Waals surface area contributed by atoms with Crippen molar-refractivity contribution in [2.75, 3.05) is 6.79 Å². The minimum absolute atomic E-state index is 0.0909. The topological polar surface area (TPSA) is 77.9 Å². The first kappa shape index (κ1) is 12.3. The quantitative estimate of drug-likeness (QED) is 0.919. The number of aromatic nitrogens is 1. The van der Waals surface area contributed by atoms with Crippen LogP contribution in [0.1, 0.15) is 15.9 Å². The van der Waals surface area contributed by atoms with Gasteiger partial charge in [-0.1, -0.05) is 6.07 Å². The van der Waals surface area contributed by atoms with Crippen molar-refractivity contribution in [1.82, 2.24) is 4.98 Å². The molecule has 1 aromatic carbocycles. The lowest BCUT2D eigenvalue weighted by Crippen LogP contribution is -2.00. The van der Waals surface area contributed by atoms with Crippen molar-refractivity contribution in [3.8, 4) is 17.2 Å². The fourth-order valence-electron chi connectivity index (χ4n) is 1.81. The molecule has 1 aliphatic heterocycles. The van der Waals surface area contributed by atoms with Crippen LogP contribution in [0.4, 0.5) is 0 Å². The largest absolute Gasteiger partial charge is 0.487 e. The molecule has 1 aliphatic rings. The fraction of sp³-hybridized carbons (Fsp3) is 0.143. The Balaban J connectivity index is 1.70. The number of pyridine rings is 1. The molecule has 102 valence electrons. The molecule has 1 aromatic heterocycles. The van der Waals surface area contributed by atoms with Gasteiger partial charge in [-0.05, 0) is 23.8 Å². The van der Waals surface area contributed by atoms with Gasteiger partial charge in [0.1, 0.15) is 12.4 Å². The lowest BCUT2D eigenvalue weighted by Gasteiger charge is -2.07. The molecule has 20 heavy (non-hydrogen) atoms. The van der Waals surface area contributed by atoms with Gasteiger partial charge in [-0.3, -0.25) is 4.98 Å². The molecule has 0 saturated carbocycles. The van der Waals surface area contributed by atoms with Crippen LogP contribution in [0.3, 0.4) is 0 Å². The monoisotopic (exact) mass is 273 g/mol. The molecule has 0 radical (unpaired) electrons. The highest BCUT2D eigenvalue weighted by molar-refractivity contribution is 5.87. The number of carbonyl (C=O) groups is 1. The summed E-state index contributed by atoms with van der Waals surface area (Å²) >= 11 is 0. The van der Waals surface area contributed by atoms with Gasteiger partial charge in [0.25, 0.3) is 0 Å². The second kappa shape index (κ2) is 5.08. The van der Waals surface area contributed by atoms with Crippen molar-refractivity contribution in [1.29, 1.82) is 0 Å². The summed E-state index contributed by atoms with van der Waals surface area (Å²) in [5, 5.41) is 8.87. The number of hydrogen-bond acceptors (Lipinski definition) is 5. The zero-order valence-electron chi connectivity index (χ0n) is 10.4. The Morgan fingerprint density at radius 3 is 2.95 bits per heavy atom. The second-order valence-electron chi connectivity index (χ2n) is 4.19. The smallest absolute Gasteiger partial charge is 0.337 e. The molecule has 0 aliphatic carbocycles. The van der Waals surface area contributed by atoms with E-state index in [1.54, 1.807) is 0 Å². The lowest BCUT2D eigenvalue weighted by atomic mass is 10.2. The Labute approximate surface area is 114 Å². The summed E-state index contributed by atoms with van der Waals surface area (Å²) in [7, 11) is 0. The summed E-state index contributed by atoms with van der Waals surface area (Å²) in [5.74, 6) is 0.764. The molecule has 0 amide bonds. The normalized spacial score (nSPS) is 12.2. The van der Waals surface area contributed by atoms with Gasteiger partial charge in [-0.15, -0.1) is 0 Å². The van der Waals surface area contributed by atoms with Gasteiger partial charge in [0.2, 0.25) is 6.79 Å². The molecule has 6 heteroatoms. The zero-order chi connectivity index (χ0) is 13.9. The zero-order valence-corrected chi connectivity index (χ0v) is 10.4. The highest BCUT2D eigenvalue weighted by atomic mass is 16.7. The third-order valence-electron chi connectivity index (χ3n) is 2.80. The maximum Gasteiger partial charge on any atom is 0.337 e. The number of fused-ring (bicyclic) bond motifs is 1. The molecule has 0 fully saturated rings. The molecule has 2 heterocycles. The van der Waals surface area contributed by atoms with Gasteiger partial charge in [-0.2, -0.15) is 0 Å². The Morgan fingerprint density at radius 1 is 1.25 bits per heavy atom. The third kappa shape index (κ3) is 2.49. The van der Waals surface area contributed by atoms with Gasteiger partial charge >= 0.3 is 5.97 Å². The molecule has 0 bridgehead atoms. The Kier molecular flexibility index (Phi) is 3.12. The van der Waals surface area contributed by atoms with E-state index >= 15 is 0 Å². The number of ether oxygens (including phenoxy) is 3. The third-order valence-corrected chi connectivity index (χ3v) is 2.80.